The number of hydrogen-bond acceptors (Lipinski definition) is 6. The molecule has 0 bridgehead atoms. The van der Waals surface area contributed by atoms with Crippen molar-refractivity contribution in [2.45, 2.75) is 44.9 Å². The van der Waals surface area contributed by atoms with E-state index < -0.39 is 10.0 Å². The molecule has 31 heavy (non-hydrogen) atoms. The van der Waals surface area contributed by atoms with Gasteiger partial charge in [-0.1, -0.05) is 20.8 Å². The van der Waals surface area contributed by atoms with Crippen LogP contribution in [0, 0.1) is 29.1 Å². The summed E-state index contributed by atoms with van der Waals surface area (Å²) >= 11 is 0. The summed E-state index contributed by atoms with van der Waals surface area (Å²) in [5.74, 6) is 2.26. The number of piperidine rings is 2. The molecule has 1 aromatic carbocycles. The van der Waals surface area contributed by atoms with Gasteiger partial charge < -0.3 is 9.32 Å². The number of hydrogen-bond donors (Lipinski definition) is 0. The smallest absolute Gasteiger partial charge is 0.243 e. The molecule has 0 spiro atoms. The van der Waals surface area contributed by atoms with Gasteiger partial charge in [-0.2, -0.15) is 14.6 Å². The molecule has 2 fully saturated rings. The molecule has 2 saturated heterocycles. The molecule has 0 saturated carbocycles. The standard InChI is InChI=1S/C23H30N4O3S/c1-16-5-4-10-27(15-16)31(28,29)20-8-6-19(7-9-20)22-25-21(12-24)23(30-22)26-13-17(2)11-18(3)14-26/h6-9,16-18H,4-5,10-11,13-15H2,1-3H3/t16-,17-,18-/m1/s1. The molecule has 3 heterocycles. The van der Waals surface area contributed by atoms with E-state index in [1.807, 2.05) is 0 Å². The molecule has 0 radical (unpaired) electrons. The number of oxazole rings is 1. The van der Waals surface area contributed by atoms with Crippen molar-refractivity contribution in [1.82, 2.24) is 9.29 Å². The van der Waals surface area contributed by atoms with Gasteiger partial charge in [0.25, 0.3) is 0 Å². The van der Waals surface area contributed by atoms with Crippen molar-refractivity contribution in [2.24, 2.45) is 17.8 Å². The molecule has 3 atom stereocenters. The zero-order valence-corrected chi connectivity index (χ0v) is 19.2. The van der Waals surface area contributed by atoms with Crippen LogP contribution in [0.4, 0.5) is 5.88 Å². The molecule has 1 aromatic heterocycles. The first kappa shape index (κ1) is 21.8. The highest BCUT2D eigenvalue weighted by molar-refractivity contribution is 7.89. The predicted molar refractivity (Wildman–Crippen MR) is 119 cm³/mol. The maximum Gasteiger partial charge on any atom is 0.243 e. The van der Waals surface area contributed by atoms with Gasteiger partial charge in [-0.3, -0.25) is 0 Å². The first-order valence-corrected chi connectivity index (χ1v) is 12.5. The Morgan fingerprint density at radius 3 is 2.35 bits per heavy atom. The van der Waals surface area contributed by atoms with Crippen LogP contribution in [0.2, 0.25) is 0 Å². The number of nitriles is 1. The third-order valence-corrected chi connectivity index (χ3v) is 8.11. The van der Waals surface area contributed by atoms with Crippen LogP contribution in [0.5, 0.6) is 0 Å². The second-order valence-electron chi connectivity index (χ2n) is 9.27. The fourth-order valence-corrected chi connectivity index (χ4v) is 6.43. The lowest BCUT2D eigenvalue weighted by Gasteiger charge is -2.34. The van der Waals surface area contributed by atoms with E-state index in [-0.39, 0.29) is 10.6 Å². The van der Waals surface area contributed by atoms with Gasteiger partial charge in [0.15, 0.2) is 0 Å². The van der Waals surface area contributed by atoms with Crippen LogP contribution in [-0.2, 0) is 10.0 Å². The van der Waals surface area contributed by atoms with Crippen molar-refractivity contribution in [3.63, 3.8) is 0 Å². The van der Waals surface area contributed by atoms with Crippen molar-refractivity contribution in [1.29, 1.82) is 5.26 Å². The summed E-state index contributed by atoms with van der Waals surface area (Å²) < 4.78 is 33.6. The summed E-state index contributed by atoms with van der Waals surface area (Å²) in [6.45, 7) is 9.28. The SMILES string of the molecule is C[C@@H]1C[C@@H](C)CN(c2oc(-c3ccc(S(=O)(=O)N4CCC[C@@H](C)C4)cc3)nc2C#N)C1. The Morgan fingerprint density at radius 2 is 1.74 bits per heavy atom. The lowest BCUT2D eigenvalue weighted by Crippen LogP contribution is -2.39. The number of rotatable bonds is 4. The Bertz CT molecular complexity index is 1060. The number of benzene rings is 1. The molecule has 2 aliphatic heterocycles. The van der Waals surface area contributed by atoms with Gasteiger partial charge >= 0.3 is 0 Å². The third-order valence-electron chi connectivity index (χ3n) is 6.23. The number of sulfonamides is 1. The average molecular weight is 443 g/mol. The van der Waals surface area contributed by atoms with E-state index in [9.17, 15) is 13.7 Å². The zero-order valence-electron chi connectivity index (χ0n) is 18.4. The van der Waals surface area contributed by atoms with Crippen LogP contribution in [0.15, 0.2) is 33.6 Å². The molecule has 2 aromatic rings. The Hall–Kier alpha value is -2.37. The van der Waals surface area contributed by atoms with Gasteiger partial charge in [0.05, 0.1) is 4.90 Å². The molecule has 0 unspecified atom stereocenters. The lowest BCUT2D eigenvalue weighted by atomic mass is 9.92. The zero-order chi connectivity index (χ0) is 22.2. The Morgan fingerprint density at radius 1 is 1.06 bits per heavy atom. The van der Waals surface area contributed by atoms with Gasteiger partial charge in [0.1, 0.15) is 6.07 Å². The van der Waals surface area contributed by atoms with Crippen molar-refractivity contribution in [2.75, 3.05) is 31.1 Å². The highest BCUT2D eigenvalue weighted by Gasteiger charge is 2.30. The van der Waals surface area contributed by atoms with E-state index in [1.54, 1.807) is 28.6 Å². The molecule has 0 aliphatic carbocycles. The highest BCUT2D eigenvalue weighted by atomic mass is 32.2. The Labute approximate surface area is 184 Å². The second-order valence-corrected chi connectivity index (χ2v) is 11.2. The van der Waals surface area contributed by atoms with Crippen molar-refractivity contribution in [3.8, 4) is 17.5 Å². The highest BCUT2D eigenvalue weighted by Crippen LogP contribution is 2.33. The van der Waals surface area contributed by atoms with Crippen LogP contribution < -0.4 is 4.90 Å². The maximum atomic E-state index is 13.0. The molecular formula is C23H30N4O3S. The van der Waals surface area contributed by atoms with Crippen molar-refractivity contribution in [3.05, 3.63) is 30.0 Å². The summed E-state index contributed by atoms with van der Waals surface area (Å²) in [4.78, 5) is 6.76. The number of nitrogens with zero attached hydrogens (tertiary/aromatic N) is 4. The average Bonchev–Trinajstić information content (AvgIpc) is 3.18. The third kappa shape index (κ3) is 4.48. The summed E-state index contributed by atoms with van der Waals surface area (Å²) in [5.41, 5.74) is 0.933. The van der Waals surface area contributed by atoms with E-state index in [4.69, 9.17) is 4.42 Å². The minimum absolute atomic E-state index is 0.273. The summed E-state index contributed by atoms with van der Waals surface area (Å²) in [5, 5.41) is 9.57. The minimum atomic E-state index is -3.51. The fraction of sp³-hybridized carbons (Fsp3) is 0.565. The molecule has 166 valence electrons. The van der Waals surface area contributed by atoms with Crippen LogP contribution in [0.1, 0.15) is 45.7 Å². The topological polar surface area (TPSA) is 90.4 Å². The van der Waals surface area contributed by atoms with Crippen molar-refractivity contribution < 1.29 is 12.8 Å². The van der Waals surface area contributed by atoms with Gasteiger partial charge in [-0.15, -0.1) is 0 Å². The maximum absolute atomic E-state index is 13.0. The summed E-state index contributed by atoms with van der Waals surface area (Å²) in [6.07, 6.45) is 3.11. The summed E-state index contributed by atoms with van der Waals surface area (Å²) in [6, 6.07) is 8.76. The van der Waals surface area contributed by atoms with E-state index >= 15 is 0 Å². The largest absolute Gasteiger partial charge is 0.419 e. The van der Waals surface area contributed by atoms with E-state index in [0.29, 0.717) is 48.2 Å². The Balaban J connectivity index is 1.58. The van der Waals surface area contributed by atoms with Crippen LogP contribution >= 0.6 is 0 Å². The second kappa shape index (κ2) is 8.64. The predicted octanol–water partition coefficient (Wildman–Crippen LogP) is 4.12. The fourth-order valence-electron chi connectivity index (χ4n) is 4.83. The van der Waals surface area contributed by atoms with E-state index in [0.717, 1.165) is 32.4 Å². The van der Waals surface area contributed by atoms with Crippen LogP contribution in [-0.4, -0.2) is 43.9 Å². The summed E-state index contributed by atoms with van der Waals surface area (Å²) in [7, 11) is -3.51. The lowest BCUT2D eigenvalue weighted by molar-refractivity contribution is 0.281. The molecule has 0 N–H and O–H groups in total. The van der Waals surface area contributed by atoms with Gasteiger partial charge in [0, 0.05) is 31.7 Å². The molecule has 8 heteroatoms. The quantitative estimate of drug-likeness (QED) is 0.708. The van der Waals surface area contributed by atoms with Crippen LogP contribution in [0.25, 0.3) is 11.5 Å². The molecule has 2 aliphatic rings. The van der Waals surface area contributed by atoms with E-state index in [1.165, 1.54) is 0 Å². The van der Waals surface area contributed by atoms with Gasteiger partial charge in [-0.25, -0.2) is 8.42 Å². The Kier molecular flexibility index (Phi) is 6.09. The first-order valence-electron chi connectivity index (χ1n) is 11.0. The molecular weight excluding hydrogens is 412 g/mol. The van der Waals surface area contributed by atoms with Crippen molar-refractivity contribution >= 4 is 15.9 Å². The van der Waals surface area contributed by atoms with Gasteiger partial charge in [0.2, 0.25) is 27.5 Å². The molecule has 4 rings (SSSR count). The van der Waals surface area contributed by atoms with E-state index in [2.05, 4.69) is 36.7 Å². The normalized spacial score (nSPS) is 25.4. The monoisotopic (exact) mass is 442 g/mol. The first-order chi connectivity index (χ1) is 14.8. The number of aromatic nitrogens is 1. The van der Waals surface area contributed by atoms with Crippen LogP contribution in [0.3, 0.4) is 0 Å². The van der Waals surface area contributed by atoms with Gasteiger partial charge in [-0.05, 0) is 61.3 Å². The molecule has 7 nitrogen and oxygen atoms in total. The molecule has 0 amide bonds. The number of anilines is 1. The minimum Gasteiger partial charge on any atom is -0.419 e.